The van der Waals surface area contributed by atoms with Crippen LogP contribution in [0.5, 0.6) is 0 Å². The van der Waals surface area contributed by atoms with Crippen molar-refractivity contribution in [3.8, 4) is 56.4 Å². The van der Waals surface area contributed by atoms with E-state index in [0.29, 0.717) is 17.5 Å². The molecule has 0 saturated carbocycles. The molecule has 238 valence electrons. The van der Waals surface area contributed by atoms with Crippen LogP contribution in [-0.4, -0.2) is 15.0 Å². The Morgan fingerprint density at radius 1 is 0.314 bits per heavy atom. The minimum atomic E-state index is 0.597. The van der Waals surface area contributed by atoms with Gasteiger partial charge in [0.1, 0.15) is 11.2 Å². The lowest BCUT2D eigenvalue weighted by Crippen LogP contribution is -2.01. The fourth-order valence-electron chi connectivity index (χ4n) is 7.28. The van der Waals surface area contributed by atoms with E-state index in [2.05, 4.69) is 146 Å². The van der Waals surface area contributed by atoms with Gasteiger partial charge in [0.25, 0.3) is 0 Å². The Morgan fingerprint density at radius 2 is 0.941 bits per heavy atom. The van der Waals surface area contributed by atoms with E-state index >= 15 is 0 Å². The first-order chi connectivity index (χ1) is 25.3. The van der Waals surface area contributed by atoms with Gasteiger partial charge in [-0.05, 0) is 68.1 Å². The van der Waals surface area contributed by atoms with Crippen LogP contribution in [0.25, 0.3) is 99.9 Å². The van der Waals surface area contributed by atoms with E-state index in [1.54, 1.807) is 0 Å². The Balaban J connectivity index is 1.23. The number of para-hydroxylation sites is 1. The van der Waals surface area contributed by atoms with Gasteiger partial charge in [-0.25, -0.2) is 15.0 Å². The van der Waals surface area contributed by atoms with Gasteiger partial charge < -0.3 is 4.42 Å². The molecule has 4 heteroatoms. The van der Waals surface area contributed by atoms with Crippen molar-refractivity contribution in [2.45, 2.75) is 0 Å². The van der Waals surface area contributed by atoms with Crippen molar-refractivity contribution in [3.63, 3.8) is 0 Å². The molecule has 0 saturated heterocycles. The molecule has 2 aromatic heterocycles. The highest BCUT2D eigenvalue weighted by Gasteiger charge is 2.19. The summed E-state index contributed by atoms with van der Waals surface area (Å²) in [6.45, 7) is 0. The monoisotopic (exact) mass is 651 g/mol. The maximum atomic E-state index is 6.28. The van der Waals surface area contributed by atoms with E-state index in [4.69, 9.17) is 19.4 Å². The van der Waals surface area contributed by atoms with Crippen LogP contribution in [-0.2, 0) is 0 Å². The highest BCUT2D eigenvalue weighted by molar-refractivity contribution is 6.12. The molecule has 10 aromatic rings. The van der Waals surface area contributed by atoms with E-state index in [1.807, 2.05) is 30.3 Å². The third-order valence-electron chi connectivity index (χ3n) is 9.73. The molecular formula is C47H29N3O. The Kier molecular flexibility index (Phi) is 6.78. The SMILES string of the molecule is c1ccc(-c2cc(-c3nc(-c4cccc5ccccc45)nc(-c4cccc5oc6ccccc6c45)n3)ccc2-c2ccc3ccccc3c2)cc1. The summed E-state index contributed by atoms with van der Waals surface area (Å²) in [5.74, 6) is 1.83. The molecule has 4 nitrogen and oxygen atoms in total. The van der Waals surface area contributed by atoms with Crippen LogP contribution in [0.2, 0.25) is 0 Å². The molecule has 0 radical (unpaired) electrons. The number of furan rings is 1. The number of benzene rings is 8. The maximum absolute atomic E-state index is 6.28. The first-order valence-corrected chi connectivity index (χ1v) is 17.1. The van der Waals surface area contributed by atoms with Gasteiger partial charge in [0.05, 0.1) is 0 Å². The standard InChI is InChI=1S/C47H29N3O/c1-2-13-32(14-3-1)41-29-35(26-27-37(41)34-25-24-30-12-4-5-16-33(30)28-34)45-48-46(38-20-10-17-31-15-6-7-18-36(31)38)50-47(49-45)40-21-11-23-43-44(40)39-19-8-9-22-42(39)51-43/h1-29H. The second-order valence-electron chi connectivity index (χ2n) is 12.8. The highest BCUT2D eigenvalue weighted by Crippen LogP contribution is 2.39. The predicted octanol–water partition coefficient (Wildman–Crippen LogP) is 12.4. The largest absolute Gasteiger partial charge is 0.456 e. The molecule has 2 heterocycles. The van der Waals surface area contributed by atoms with Crippen molar-refractivity contribution < 1.29 is 4.42 Å². The molecule has 0 atom stereocenters. The van der Waals surface area contributed by atoms with Gasteiger partial charge in [0.15, 0.2) is 17.5 Å². The van der Waals surface area contributed by atoms with Gasteiger partial charge in [0.2, 0.25) is 0 Å². The smallest absolute Gasteiger partial charge is 0.164 e. The average molecular weight is 652 g/mol. The van der Waals surface area contributed by atoms with Crippen molar-refractivity contribution in [1.29, 1.82) is 0 Å². The summed E-state index contributed by atoms with van der Waals surface area (Å²) in [7, 11) is 0. The quantitative estimate of drug-likeness (QED) is 0.186. The lowest BCUT2D eigenvalue weighted by atomic mass is 9.91. The molecule has 0 N–H and O–H groups in total. The van der Waals surface area contributed by atoms with Crippen LogP contribution < -0.4 is 0 Å². The number of rotatable bonds is 5. The minimum absolute atomic E-state index is 0.597. The van der Waals surface area contributed by atoms with E-state index in [1.165, 1.54) is 10.8 Å². The van der Waals surface area contributed by atoms with Crippen LogP contribution in [0.15, 0.2) is 180 Å². The number of nitrogens with zero attached hydrogens (tertiary/aromatic N) is 3. The van der Waals surface area contributed by atoms with Crippen molar-refractivity contribution >= 4 is 43.5 Å². The first-order valence-electron chi connectivity index (χ1n) is 17.1. The molecule has 0 bridgehead atoms. The summed E-state index contributed by atoms with van der Waals surface area (Å²) in [4.78, 5) is 15.6. The number of fused-ring (bicyclic) bond motifs is 5. The van der Waals surface area contributed by atoms with Gasteiger partial charge in [0, 0.05) is 27.5 Å². The first kappa shape index (κ1) is 29.0. The molecule has 8 aromatic carbocycles. The summed E-state index contributed by atoms with van der Waals surface area (Å²) in [5.41, 5.74) is 8.94. The van der Waals surface area contributed by atoms with E-state index in [9.17, 15) is 0 Å². The Labute approximate surface area is 294 Å². The molecule has 0 spiro atoms. The summed E-state index contributed by atoms with van der Waals surface area (Å²) in [6.07, 6.45) is 0. The molecule has 10 rings (SSSR count). The van der Waals surface area contributed by atoms with Crippen LogP contribution >= 0.6 is 0 Å². The Hall–Kier alpha value is -6.91. The lowest BCUT2D eigenvalue weighted by molar-refractivity contribution is 0.669. The van der Waals surface area contributed by atoms with Crippen molar-refractivity contribution in [2.24, 2.45) is 0 Å². The Morgan fingerprint density at radius 3 is 1.82 bits per heavy atom. The van der Waals surface area contributed by atoms with E-state index < -0.39 is 0 Å². The maximum Gasteiger partial charge on any atom is 0.164 e. The second kappa shape index (κ2) is 11.9. The molecule has 0 fully saturated rings. The van der Waals surface area contributed by atoms with E-state index in [-0.39, 0.29) is 0 Å². The van der Waals surface area contributed by atoms with Crippen molar-refractivity contribution in [3.05, 3.63) is 176 Å². The molecule has 0 amide bonds. The van der Waals surface area contributed by atoms with Gasteiger partial charge in [-0.2, -0.15) is 0 Å². The average Bonchev–Trinajstić information content (AvgIpc) is 3.59. The van der Waals surface area contributed by atoms with Gasteiger partial charge >= 0.3 is 0 Å². The third kappa shape index (κ3) is 5.04. The molecule has 0 aliphatic heterocycles. The number of hydrogen-bond donors (Lipinski definition) is 0. The zero-order valence-electron chi connectivity index (χ0n) is 27.5. The van der Waals surface area contributed by atoms with Crippen LogP contribution in [0, 0.1) is 0 Å². The second-order valence-corrected chi connectivity index (χ2v) is 12.8. The summed E-state index contributed by atoms with van der Waals surface area (Å²) >= 11 is 0. The Bertz CT molecular complexity index is 2920. The number of hydrogen-bond acceptors (Lipinski definition) is 4. The van der Waals surface area contributed by atoms with Gasteiger partial charge in [-0.15, -0.1) is 0 Å². The van der Waals surface area contributed by atoms with Crippen molar-refractivity contribution in [1.82, 2.24) is 15.0 Å². The normalized spacial score (nSPS) is 11.5. The summed E-state index contributed by atoms with van der Waals surface area (Å²) < 4.78 is 6.28. The van der Waals surface area contributed by atoms with Gasteiger partial charge in [-0.3, -0.25) is 0 Å². The fraction of sp³-hybridized carbons (Fsp3) is 0. The minimum Gasteiger partial charge on any atom is -0.456 e. The molecule has 0 aliphatic rings. The molecule has 0 unspecified atom stereocenters. The third-order valence-corrected chi connectivity index (χ3v) is 9.73. The summed E-state index contributed by atoms with van der Waals surface area (Å²) in [6, 6.07) is 61.1. The summed E-state index contributed by atoms with van der Waals surface area (Å²) in [5, 5.41) is 6.67. The highest BCUT2D eigenvalue weighted by atomic mass is 16.3. The van der Waals surface area contributed by atoms with Crippen molar-refractivity contribution in [2.75, 3.05) is 0 Å². The van der Waals surface area contributed by atoms with Gasteiger partial charge in [-0.1, -0.05) is 152 Å². The van der Waals surface area contributed by atoms with Crippen LogP contribution in [0.4, 0.5) is 0 Å². The zero-order valence-corrected chi connectivity index (χ0v) is 27.5. The molecule has 0 aliphatic carbocycles. The van der Waals surface area contributed by atoms with Crippen LogP contribution in [0.3, 0.4) is 0 Å². The topological polar surface area (TPSA) is 51.8 Å². The van der Waals surface area contributed by atoms with Crippen LogP contribution in [0.1, 0.15) is 0 Å². The lowest BCUT2D eigenvalue weighted by Gasteiger charge is -2.15. The number of aromatic nitrogens is 3. The fourth-order valence-corrected chi connectivity index (χ4v) is 7.28. The predicted molar refractivity (Wildman–Crippen MR) is 209 cm³/mol. The zero-order chi connectivity index (χ0) is 33.7. The van der Waals surface area contributed by atoms with E-state index in [0.717, 1.165) is 71.7 Å². The molecule has 51 heavy (non-hydrogen) atoms. The molecular weight excluding hydrogens is 623 g/mol.